The van der Waals surface area contributed by atoms with E-state index in [1.54, 1.807) is 0 Å². The minimum Gasteiger partial charge on any atom is -0.477 e. The third kappa shape index (κ3) is 4.36. The summed E-state index contributed by atoms with van der Waals surface area (Å²) in [5, 5.41) is 8.82. The molecule has 0 aromatic carbocycles. The van der Waals surface area contributed by atoms with Crippen LogP contribution in [0.25, 0.3) is 0 Å². The normalized spacial score (nSPS) is 10.6. The first-order valence-corrected chi connectivity index (χ1v) is 5.43. The summed E-state index contributed by atoms with van der Waals surface area (Å²) in [5.74, 6) is -0.584. The molecule has 0 amide bonds. The Kier molecular flexibility index (Phi) is 4.84. The van der Waals surface area contributed by atoms with Crippen LogP contribution in [-0.2, 0) is 0 Å². The van der Waals surface area contributed by atoms with Gasteiger partial charge in [-0.2, -0.15) is 0 Å². The standard InChI is InChI=1S/C11H18N4O2/c1-14(2)7-4-8-15(3)11-12-6-5-9(13-11)10(16)17/h5-6H,4,7-8H2,1-3H3,(H,16,17). The van der Waals surface area contributed by atoms with Crippen LogP contribution in [0.2, 0.25) is 0 Å². The Hall–Kier alpha value is -1.69. The molecule has 0 spiro atoms. The monoisotopic (exact) mass is 238 g/mol. The number of nitrogens with zero attached hydrogens (tertiary/aromatic N) is 4. The highest BCUT2D eigenvalue weighted by molar-refractivity contribution is 5.85. The van der Waals surface area contributed by atoms with E-state index in [9.17, 15) is 4.79 Å². The van der Waals surface area contributed by atoms with Crippen LogP contribution in [0.1, 0.15) is 16.9 Å². The molecule has 1 aromatic rings. The second kappa shape index (κ2) is 6.15. The predicted octanol–water partition coefficient (Wildman–Crippen LogP) is 0.563. The van der Waals surface area contributed by atoms with E-state index in [0.29, 0.717) is 5.95 Å². The van der Waals surface area contributed by atoms with Gasteiger partial charge in [0.25, 0.3) is 0 Å². The molecule has 0 aliphatic rings. The molecule has 1 N–H and O–H groups in total. The van der Waals surface area contributed by atoms with Gasteiger partial charge in [-0.3, -0.25) is 0 Å². The molecule has 1 aromatic heterocycles. The van der Waals surface area contributed by atoms with E-state index in [1.165, 1.54) is 12.3 Å². The zero-order chi connectivity index (χ0) is 12.8. The quantitative estimate of drug-likeness (QED) is 0.781. The Morgan fingerprint density at radius 1 is 1.35 bits per heavy atom. The van der Waals surface area contributed by atoms with Gasteiger partial charge >= 0.3 is 5.97 Å². The number of carboxylic acid groups (broad SMARTS) is 1. The molecule has 0 radical (unpaired) electrons. The Morgan fingerprint density at radius 3 is 2.65 bits per heavy atom. The highest BCUT2D eigenvalue weighted by atomic mass is 16.4. The van der Waals surface area contributed by atoms with Crippen LogP contribution in [0.5, 0.6) is 0 Å². The maximum Gasteiger partial charge on any atom is 0.354 e. The smallest absolute Gasteiger partial charge is 0.354 e. The molecule has 17 heavy (non-hydrogen) atoms. The van der Waals surface area contributed by atoms with Crippen LogP contribution in [0, 0.1) is 0 Å². The second-order valence-corrected chi connectivity index (χ2v) is 4.13. The van der Waals surface area contributed by atoms with E-state index in [4.69, 9.17) is 5.11 Å². The molecule has 6 nitrogen and oxygen atoms in total. The van der Waals surface area contributed by atoms with E-state index in [1.807, 2.05) is 26.0 Å². The fraction of sp³-hybridized carbons (Fsp3) is 0.545. The number of aromatic nitrogens is 2. The highest BCUT2D eigenvalue weighted by Crippen LogP contribution is 2.06. The van der Waals surface area contributed by atoms with Crippen molar-refractivity contribution in [1.29, 1.82) is 0 Å². The second-order valence-electron chi connectivity index (χ2n) is 4.13. The summed E-state index contributed by atoms with van der Waals surface area (Å²) in [6.45, 7) is 1.77. The maximum absolute atomic E-state index is 10.8. The van der Waals surface area contributed by atoms with Crippen molar-refractivity contribution < 1.29 is 9.90 Å². The first-order chi connectivity index (χ1) is 8.00. The molecule has 1 rings (SSSR count). The molecule has 0 saturated heterocycles. The molecule has 0 aliphatic carbocycles. The lowest BCUT2D eigenvalue weighted by atomic mass is 10.4. The van der Waals surface area contributed by atoms with E-state index in [-0.39, 0.29) is 5.69 Å². The number of hydrogen-bond acceptors (Lipinski definition) is 5. The molecule has 0 bridgehead atoms. The summed E-state index contributed by atoms with van der Waals surface area (Å²) < 4.78 is 0. The SMILES string of the molecule is CN(C)CCCN(C)c1nccc(C(=O)O)n1. The van der Waals surface area contributed by atoms with Crippen molar-refractivity contribution in [2.45, 2.75) is 6.42 Å². The fourth-order valence-corrected chi connectivity index (χ4v) is 1.38. The average Bonchev–Trinajstić information content (AvgIpc) is 2.28. The van der Waals surface area contributed by atoms with Gasteiger partial charge < -0.3 is 14.9 Å². The molecule has 0 atom stereocenters. The van der Waals surface area contributed by atoms with Gasteiger partial charge in [0.15, 0.2) is 5.69 Å². The molecule has 0 aliphatic heterocycles. The van der Waals surface area contributed by atoms with Crippen molar-refractivity contribution in [2.75, 3.05) is 39.1 Å². The van der Waals surface area contributed by atoms with E-state index in [0.717, 1.165) is 19.5 Å². The average molecular weight is 238 g/mol. The highest BCUT2D eigenvalue weighted by Gasteiger charge is 2.09. The number of rotatable bonds is 6. The topological polar surface area (TPSA) is 69.6 Å². The molecule has 6 heteroatoms. The molecule has 0 unspecified atom stereocenters. The molecule has 1 heterocycles. The van der Waals surface area contributed by atoms with Crippen LogP contribution in [0.3, 0.4) is 0 Å². The van der Waals surface area contributed by atoms with Crippen molar-refractivity contribution in [3.8, 4) is 0 Å². The van der Waals surface area contributed by atoms with Crippen LogP contribution >= 0.6 is 0 Å². The summed E-state index contributed by atoms with van der Waals surface area (Å²) in [7, 11) is 5.89. The van der Waals surface area contributed by atoms with Gasteiger partial charge in [0.1, 0.15) is 0 Å². The van der Waals surface area contributed by atoms with Gasteiger partial charge in [-0.25, -0.2) is 14.8 Å². The molecule has 0 fully saturated rings. The third-order valence-corrected chi connectivity index (χ3v) is 2.30. The van der Waals surface area contributed by atoms with Crippen molar-refractivity contribution in [3.05, 3.63) is 18.0 Å². The van der Waals surface area contributed by atoms with Gasteiger partial charge in [-0.15, -0.1) is 0 Å². The van der Waals surface area contributed by atoms with Gasteiger partial charge in [0.05, 0.1) is 0 Å². The molecular formula is C11H18N4O2. The van der Waals surface area contributed by atoms with Gasteiger partial charge in [0, 0.05) is 19.8 Å². The van der Waals surface area contributed by atoms with E-state index < -0.39 is 5.97 Å². The third-order valence-electron chi connectivity index (χ3n) is 2.30. The first kappa shape index (κ1) is 13.4. The molecule has 94 valence electrons. The molecular weight excluding hydrogens is 220 g/mol. The minimum absolute atomic E-state index is 0.0226. The lowest BCUT2D eigenvalue weighted by Crippen LogP contribution is -2.25. The lowest BCUT2D eigenvalue weighted by molar-refractivity contribution is 0.0690. The van der Waals surface area contributed by atoms with Crippen LogP contribution in [0.15, 0.2) is 12.3 Å². The first-order valence-electron chi connectivity index (χ1n) is 5.43. The summed E-state index contributed by atoms with van der Waals surface area (Å²) in [6.07, 6.45) is 2.44. The summed E-state index contributed by atoms with van der Waals surface area (Å²) in [4.78, 5) is 22.7. The Balaban J connectivity index is 2.59. The van der Waals surface area contributed by atoms with Crippen molar-refractivity contribution in [2.24, 2.45) is 0 Å². The largest absolute Gasteiger partial charge is 0.477 e. The van der Waals surface area contributed by atoms with Crippen LogP contribution in [0.4, 0.5) is 5.95 Å². The van der Waals surface area contributed by atoms with Crippen molar-refractivity contribution in [1.82, 2.24) is 14.9 Å². The lowest BCUT2D eigenvalue weighted by Gasteiger charge is -2.18. The number of hydrogen-bond donors (Lipinski definition) is 1. The summed E-state index contributed by atoms with van der Waals surface area (Å²) in [6, 6.07) is 1.39. The van der Waals surface area contributed by atoms with Crippen molar-refractivity contribution >= 4 is 11.9 Å². The van der Waals surface area contributed by atoms with Crippen LogP contribution in [-0.4, -0.2) is 60.2 Å². The maximum atomic E-state index is 10.8. The minimum atomic E-state index is -1.03. The molecule has 0 saturated carbocycles. The van der Waals surface area contributed by atoms with Gasteiger partial charge in [-0.1, -0.05) is 0 Å². The predicted molar refractivity (Wildman–Crippen MR) is 65.4 cm³/mol. The van der Waals surface area contributed by atoms with Crippen LogP contribution < -0.4 is 4.90 Å². The van der Waals surface area contributed by atoms with E-state index >= 15 is 0 Å². The van der Waals surface area contributed by atoms with Crippen molar-refractivity contribution in [3.63, 3.8) is 0 Å². The Morgan fingerprint density at radius 2 is 2.06 bits per heavy atom. The van der Waals surface area contributed by atoms with Gasteiger partial charge in [0.2, 0.25) is 5.95 Å². The number of anilines is 1. The Labute approximate surface area is 101 Å². The van der Waals surface area contributed by atoms with Gasteiger partial charge in [-0.05, 0) is 33.1 Å². The Bertz CT molecular complexity index is 381. The number of carboxylic acids is 1. The van der Waals surface area contributed by atoms with E-state index in [2.05, 4.69) is 14.9 Å². The fourth-order valence-electron chi connectivity index (χ4n) is 1.38. The number of carbonyl (C=O) groups is 1. The zero-order valence-electron chi connectivity index (χ0n) is 10.4. The zero-order valence-corrected chi connectivity index (χ0v) is 10.4. The summed E-state index contributed by atoms with van der Waals surface area (Å²) in [5.41, 5.74) is 0.0226. The number of aromatic carboxylic acids is 1. The summed E-state index contributed by atoms with van der Waals surface area (Å²) >= 11 is 0.